The Morgan fingerprint density at radius 2 is 1.82 bits per heavy atom. The van der Waals surface area contributed by atoms with E-state index in [4.69, 9.17) is 0 Å². The van der Waals surface area contributed by atoms with Crippen LogP contribution in [0.4, 0.5) is 11.4 Å². The van der Waals surface area contributed by atoms with Gasteiger partial charge in [-0.05, 0) is 42.7 Å². The standard InChI is InChI=1S/C22H21N3O2S/c1-3-15-10-12-17(13-11-15)25-21(27)19(4-2)28-22(25)18(14-23)20(26)24-16-8-6-5-7-9-16/h5-13,19H,3-4H2,1-2H3,(H,24,26)/b22-18-. The van der Waals surface area contributed by atoms with Crippen molar-refractivity contribution in [3.63, 3.8) is 0 Å². The summed E-state index contributed by atoms with van der Waals surface area (Å²) in [5, 5.41) is 12.5. The van der Waals surface area contributed by atoms with Gasteiger partial charge in [-0.3, -0.25) is 14.5 Å². The van der Waals surface area contributed by atoms with E-state index in [2.05, 4.69) is 12.2 Å². The van der Waals surface area contributed by atoms with Gasteiger partial charge in [0.1, 0.15) is 16.7 Å². The minimum Gasteiger partial charge on any atom is -0.321 e. The Morgan fingerprint density at radius 3 is 2.39 bits per heavy atom. The first-order valence-corrected chi connectivity index (χ1v) is 10.1. The van der Waals surface area contributed by atoms with Crippen LogP contribution in [0.2, 0.25) is 0 Å². The number of aryl methyl sites for hydroxylation is 1. The van der Waals surface area contributed by atoms with Gasteiger partial charge in [0.25, 0.3) is 5.91 Å². The molecule has 1 heterocycles. The number of hydrogen-bond donors (Lipinski definition) is 1. The van der Waals surface area contributed by atoms with E-state index in [0.717, 1.165) is 12.0 Å². The van der Waals surface area contributed by atoms with E-state index < -0.39 is 5.91 Å². The van der Waals surface area contributed by atoms with E-state index in [1.807, 2.05) is 43.3 Å². The van der Waals surface area contributed by atoms with Gasteiger partial charge in [-0.15, -0.1) is 0 Å². The van der Waals surface area contributed by atoms with Gasteiger partial charge < -0.3 is 5.32 Å². The number of nitrogens with zero attached hydrogens (tertiary/aromatic N) is 2. The van der Waals surface area contributed by atoms with Gasteiger partial charge in [0.15, 0.2) is 0 Å². The van der Waals surface area contributed by atoms with Gasteiger partial charge in [0.05, 0.1) is 5.25 Å². The first-order chi connectivity index (χ1) is 13.6. The van der Waals surface area contributed by atoms with Crippen LogP contribution in [0.3, 0.4) is 0 Å². The van der Waals surface area contributed by atoms with Crippen molar-refractivity contribution in [2.24, 2.45) is 0 Å². The molecule has 1 fully saturated rings. The minimum atomic E-state index is -0.518. The lowest BCUT2D eigenvalue weighted by Crippen LogP contribution is -2.29. The highest BCUT2D eigenvalue weighted by molar-refractivity contribution is 8.05. The Bertz CT molecular complexity index is 946. The monoisotopic (exact) mass is 391 g/mol. The number of nitrogens with one attached hydrogen (secondary N) is 1. The fraction of sp³-hybridized carbons (Fsp3) is 0.227. The molecule has 0 aromatic heterocycles. The van der Waals surface area contributed by atoms with Crippen molar-refractivity contribution in [2.45, 2.75) is 31.9 Å². The summed E-state index contributed by atoms with van der Waals surface area (Å²) < 4.78 is 0. The van der Waals surface area contributed by atoms with Crippen LogP contribution in [-0.4, -0.2) is 17.1 Å². The zero-order chi connectivity index (χ0) is 20.1. The molecule has 0 spiro atoms. The molecule has 1 saturated heterocycles. The molecule has 28 heavy (non-hydrogen) atoms. The van der Waals surface area contributed by atoms with Crippen LogP contribution in [0, 0.1) is 11.3 Å². The molecule has 6 heteroatoms. The van der Waals surface area contributed by atoms with E-state index >= 15 is 0 Å². The fourth-order valence-electron chi connectivity index (χ4n) is 2.95. The molecule has 0 bridgehead atoms. The highest BCUT2D eigenvalue weighted by atomic mass is 32.2. The van der Waals surface area contributed by atoms with Crippen LogP contribution in [0.25, 0.3) is 0 Å². The van der Waals surface area contributed by atoms with E-state index in [-0.39, 0.29) is 16.7 Å². The second-order valence-corrected chi connectivity index (χ2v) is 7.51. The third-order valence-corrected chi connectivity index (χ3v) is 5.94. The highest BCUT2D eigenvalue weighted by Crippen LogP contribution is 2.42. The maximum Gasteiger partial charge on any atom is 0.269 e. The number of rotatable bonds is 5. The van der Waals surface area contributed by atoms with Crippen LogP contribution < -0.4 is 10.2 Å². The molecule has 142 valence electrons. The quantitative estimate of drug-likeness (QED) is 0.602. The molecular formula is C22H21N3O2S. The molecule has 0 aliphatic carbocycles. The second-order valence-electron chi connectivity index (χ2n) is 6.32. The molecule has 5 nitrogen and oxygen atoms in total. The molecule has 1 atom stereocenters. The van der Waals surface area contributed by atoms with E-state index in [1.165, 1.54) is 16.7 Å². The Kier molecular flexibility index (Phi) is 6.17. The normalized spacial score (nSPS) is 18.0. The molecule has 1 N–H and O–H groups in total. The van der Waals surface area contributed by atoms with Crippen LogP contribution in [0.15, 0.2) is 65.2 Å². The third kappa shape index (κ3) is 3.95. The van der Waals surface area contributed by atoms with Gasteiger partial charge in [-0.1, -0.05) is 55.9 Å². The molecule has 1 unspecified atom stereocenters. The van der Waals surface area contributed by atoms with Crippen molar-refractivity contribution in [3.05, 3.63) is 70.8 Å². The van der Waals surface area contributed by atoms with Crippen molar-refractivity contribution < 1.29 is 9.59 Å². The number of hydrogen-bond acceptors (Lipinski definition) is 4. The van der Waals surface area contributed by atoms with Gasteiger partial charge in [0, 0.05) is 11.4 Å². The van der Waals surface area contributed by atoms with Crippen molar-refractivity contribution in [1.29, 1.82) is 5.26 Å². The average molecular weight is 391 g/mol. The topological polar surface area (TPSA) is 73.2 Å². The predicted molar refractivity (Wildman–Crippen MR) is 113 cm³/mol. The first kappa shape index (κ1) is 19.7. The lowest BCUT2D eigenvalue weighted by molar-refractivity contribution is -0.117. The van der Waals surface area contributed by atoms with Crippen LogP contribution in [-0.2, 0) is 16.0 Å². The number of benzene rings is 2. The van der Waals surface area contributed by atoms with Gasteiger partial charge in [-0.2, -0.15) is 5.26 Å². The SMILES string of the molecule is CCc1ccc(N2C(=O)C(CC)S/C2=C(/C#N)C(=O)Nc2ccccc2)cc1. The van der Waals surface area contributed by atoms with Crippen molar-refractivity contribution in [2.75, 3.05) is 10.2 Å². The summed E-state index contributed by atoms with van der Waals surface area (Å²) in [4.78, 5) is 27.2. The Hall–Kier alpha value is -3.04. The van der Waals surface area contributed by atoms with Crippen molar-refractivity contribution in [3.8, 4) is 6.07 Å². The summed E-state index contributed by atoms with van der Waals surface area (Å²) in [5.41, 5.74) is 2.36. The fourth-order valence-corrected chi connectivity index (χ4v) is 4.15. The zero-order valence-corrected chi connectivity index (χ0v) is 16.6. The summed E-state index contributed by atoms with van der Waals surface area (Å²) in [6.45, 7) is 3.99. The number of anilines is 2. The number of para-hydroxylation sites is 1. The minimum absolute atomic E-state index is 0.0577. The van der Waals surface area contributed by atoms with Gasteiger partial charge in [0.2, 0.25) is 5.91 Å². The summed E-state index contributed by atoms with van der Waals surface area (Å²) >= 11 is 1.28. The largest absolute Gasteiger partial charge is 0.321 e. The van der Waals surface area contributed by atoms with E-state index in [1.54, 1.807) is 24.3 Å². The smallest absolute Gasteiger partial charge is 0.269 e. The zero-order valence-electron chi connectivity index (χ0n) is 15.8. The third-order valence-electron chi connectivity index (χ3n) is 4.51. The molecular weight excluding hydrogens is 370 g/mol. The molecule has 2 aromatic carbocycles. The number of nitriles is 1. The van der Waals surface area contributed by atoms with Crippen LogP contribution >= 0.6 is 11.8 Å². The van der Waals surface area contributed by atoms with E-state index in [0.29, 0.717) is 22.8 Å². The highest BCUT2D eigenvalue weighted by Gasteiger charge is 2.39. The second kappa shape index (κ2) is 8.77. The number of thioether (sulfide) groups is 1. The Balaban J connectivity index is 2.01. The number of amides is 2. The van der Waals surface area contributed by atoms with Gasteiger partial charge in [-0.25, -0.2) is 0 Å². The van der Waals surface area contributed by atoms with Crippen molar-refractivity contribution in [1.82, 2.24) is 0 Å². The summed E-state index contributed by atoms with van der Waals surface area (Å²) in [6, 6.07) is 18.6. The maximum atomic E-state index is 12.9. The molecule has 1 aliphatic rings. The lowest BCUT2D eigenvalue weighted by atomic mass is 10.1. The molecule has 2 amide bonds. The molecule has 0 saturated carbocycles. The van der Waals surface area contributed by atoms with Crippen LogP contribution in [0.1, 0.15) is 25.8 Å². The summed E-state index contributed by atoms with van der Waals surface area (Å²) in [6.07, 6.45) is 1.52. The average Bonchev–Trinajstić information content (AvgIpc) is 3.05. The Morgan fingerprint density at radius 1 is 1.14 bits per heavy atom. The molecule has 1 aliphatic heterocycles. The predicted octanol–water partition coefficient (Wildman–Crippen LogP) is 4.48. The van der Waals surface area contributed by atoms with Crippen LogP contribution in [0.5, 0.6) is 0 Å². The van der Waals surface area contributed by atoms with E-state index in [9.17, 15) is 14.9 Å². The number of carbonyl (C=O) groups is 2. The summed E-state index contributed by atoms with van der Waals surface area (Å²) in [7, 11) is 0. The first-order valence-electron chi connectivity index (χ1n) is 9.19. The molecule has 2 aromatic rings. The number of carbonyl (C=O) groups excluding carboxylic acids is 2. The molecule has 0 radical (unpaired) electrons. The summed E-state index contributed by atoms with van der Waals surface area (Å²) in [5.74, 6) is -0.622. The Labute approximate surface area is 169 Å². The van der Waals surface area contributed by atoms with Crippen molar-refractivity contribution >= 4 is 35.0 Å². The maximum absolute atomic E-state index is 12.9. The molecule has 3 rings (SSSR count). The lowest BCUT2D eigenvalue weighted by Gasteiger charge is -2.19. The van der Waals surface area contributed by atoms with Gasteiger partial charge >= 0.3 is 0 Å².